The summed E-state index contributed by atoms with van der Waals surface area (Å²) >= 11 is 10.6. The van der Waals surface area contributed by atoms with E-state index in [0.29, 0.717) is 6.54 Å². The van der Waals surface area contributed by atoms with E-state index >= 15 is 0 Å². The van der Waals surface area contributed by atoms with Gasteiger partial charge >= 0.3 is 5.97 Å². The van der Waals surface area contributed by atoms with Crippen LogP contribution in [0.25, 0.3) is 0 Å². The molecule has 90 valence electrons. The van der Waals surface area contributed by atoms with Gasteiger partial charge in [-0.25, -0.2) is 0 Å². The van der Waals surface area contributed by atoms with Crippen LogP contribution in [-0.2, 0) is 9.53 Å². The van der Waals surface area contributed by atoms with Gasteiger partial charge < -0.3 is 10.1 Å². The highest BCUT2D eigenvalue weighted by atomic mass is 79.9. The highest BCUT2D eigenvalue weighted by molar-refractivity contribution is 9.10. The van der Waals surface area contributed by atoms with Crippen LogP contribution in [0.2, 0.25) is 4.34 Å². The van der Waals surface area contributed by atoms with Gasteiger partial charge in [0.1, 0.15) is 4.83 Å². The molecule has 0 radical (unpaired) electrons. The number of esters is 1. The molecule has 1 N–H and O–H groups in total. The molecule has 6 heteroatoms. The van der Waals surface area contributed by atoms with Crippen LogP contribution in [0, 0.1) is 0 Å². The van der Waals surface area contributed by atoms with Gasteiger partial charge in [0.15, 0.2) is 0 Å². The minimum absolute atomic E-state index is 0.169. The summed E-state index contributed by atoms with van der Waals surface area (Å²) < 4.78 is 5.38. The third-order valence-corrected chi connectivity index (χ3v) is 4.19. The molecule has 1 rings (SSSR count). The van der Waals surface area contributed by atoms with Crippen molar-refractivity contribution in [1.29, 1.82) is 0 Å². The monoisotopic (exact) mass is 325 g/mol. The standard InChI is InChI=1S/C10H13BrClNO2S/c1-6(8-3-4-9(12)16-8)13-5-7(11)10(14)15-2/h3-4,6-7,13H,5H2,1-2H3. The molecule has 1 aromatic heterocycles. The lowest BCUT2D eigenvalue weighted by molar-refractivity contribution is -0.139. The number of alkyl halides is 1. The number of thiophene rings is 1. The van der Waals surface area contributed by atoms with Crippen molar-refractivity contribution in [2.45, 2.75) is 17.8 Å². The zero-order chi connectivity index (χ0) is 12.1. The summed E-state index contributed by atoms with van der Waals surface area (Å²) in [6, 6.07) is 4.01. The summed E-state index contributed by atoms with van der Waals surface area (Å²) in [5, 5.41) is 3.23. The molecule has 0 bridgehead atoms. The Balaban J connectivity index is 2.41. The Morgan fingerprint density at radius 2 is 2.38 bits per heavy atom. The molecule has 1 heterocycles. The summed E-state index contributed by atoms with van der Waals surface area (Å²) in [6.45, 7) is 2.54. The molecule has 0 fully saturated rings. The van der Waals surface area contributed by atoms with Crippen molar-refractivity contribution >= 4 is 44.8 Å². The Morgan fingerprint density at radius 3 is 2.88 bits per heavy atom. The number of carbonyl (C=O) groups is 1. The van der Waals surface area contributed by atoms with Gasteiger partial charge in [0.05, 0.1) is 11.4 Å². The van der Waals surface area contributed by atoms with E-state index in [1.807, 2.05) is 19.1 Å². The minimum Gasteiger partial charge on any atom is -0.468 e. The van der Waals surface area contributed by atoms with Crippen LogP contribution in [0.5, 0.6) is 0 Å². The van der Waals surface area contributed by atoms with Crippen molar-refractivity contribution < 1.29 is 9.53 Å². The number of methoxy groups -OCH3 is 1. The Labute approximate surface area is 112 Å². The van der Waals surface area contributed by atoms with E-state index in [1.165, 1.54) is 18.4 Å². The van der Waals surface area contributed by atoms with Crippen LogP contribution in [0.15, 0.2) is 12.1 Å². The van der Waals surface area contributed by atoms with Gasteiger partial charge in [-0.05, 0) is 19.1 Å². The predicted molar refractivity (Wildman–Crippen MR) is 70.5 cm³/mol. The van der Waals surface area contributed by atoms with E-state index in [2.05, 4.69) is 26.0 Å². The Morgan fingerprint density at radius 1 is 1.69 bits per heavy atom. The summed E-state index contributed by atoms with van der Waals surface area (Å²) in [5.41, 5.74) is 0. The minimum atomic E-state index is -0.324. The number of nitrogens with one attached hydrogen (secondary N) is 1. The molecule has 3 nitrogen and oxygen atoms in total. The third-order valence-electron chi connectivity index (χ3n) is 2.08. The zero-order valence-corrected chi connectivity index (χ0v) is 12.2. The highest BCUT2D eigenvalue weighted by Crippen LogP contribution is 2.26. The smallest absolute Gasteiger partial charge is 0.320 e. The van der Waals surface area contributed by atoms with Gasteiger partial charge in [-0.15, -0.1) is 11.3 Å². The van der Waals surface area contributed by atoms with E-state index in [0.717, 1.165) is 9.21 Å². The first-order valence-corrected chi connectivity index (χ1v) is 6.86. The topological polar surface area (TPSA) is 38.3 Å². The summed E-state index contributed by atoms with van der Waals surface area (Å²) in [4.78, 5) is 12.0. The number of halogens is 2. The predicted octanol–water partition coefficient (Wildman–Crippen LogP) is 2.99. The van der Waals surface area contributed by atoms with Crippen LogP contribution in [0.4, 0.5) is 0 Å². The lowest BCUT2D eigenvalue weighted by Gasteiger charge is -2.14. The van der Waals surface area contributed by atoms with Crippen LogP contribution in [0.1, 0.15) is 17.8 Å². The van der Waals surface area contributed by atoms with Gasteiger partial charge in [-0.3, -0.25) is 4.79 Å². The van der Waals surface area contributed by atoms with Gasteiger partial charge in [0.25, 0.3) is 0 Å². The van der Waals surface area contributed by atoms with E-state index in [4.69, 9.17) is 11.6 Å². The number of ether oxygens (including phenoxy) is 1. The first-order chi connectivity index (χ1) is 7.54. The second-order valence-electron chi connectivity index (χ2n) is 3.26. The first kappa shape index (κ1) is 14.0. The molecule has 0 spiro atoms. The lowest BCUT2D eigenvalue weighted by Crippen LogP contribution is -2.31. The Kier molecular flexibility index (Phi) is 5.75. The van der Waals surface area contributed by atoms with E-state index in [9.17, 15) is 4.79 Å². The van der Waals surface area contributed by atoms with Gasteiger partial charge in [0, 0.05) is 17.5 Å². The molecular formula is C10H13BrClNO2S. The maximum Gasteiger partial charge on any atom is 0.320 e. The molecule has 0 aromatic carbocycles. The van der Waals surface area contributed by atoms with E-state index < -0.39 is 0 Å². The third kappa shape index (κ3) is 4.05. The summed E-state index contributed by atoms with van der Waals surface area (Å²) in [6.07, 6.45) is 0. The quantitative estimate of drug-likeness (QED) is 0.668. The van der Waals surface area contributed by atoms with Crippen LogP contribution in [-0.4, -0.2) is 24.5 Å². The molecule has 1 aromatic rings. The molecule has 0 aliphatic heterocycles. The molecule has 2 unspecified atom stereocenters. The summed E-state index contributed by atoms with van der Waals surface area (Å²) in [7, 11) is 1.37. The summed E-state index contributed by atoms with van der Waals surface area (Å²) in [5.74, 6) is -0.274. The normalized spacial score (nSPS) is 14.5. The van der Waals surface area contributed by atoms with Crippen molar-refractivity contribution in [2.24, 2.45) is 0 Å². The maximum absolute atomic E-state index is 11.1. The molecule has 16 heavy (non-hydrogen) atoms. The number of hydrogen-bond donors (Lipinski definition) is 1. The molecule has 0 aliphatic carbocycles. The SMILES string of the molecule is COC(=O)C(Br)CNC(C)c1ccc(Cl)s1. The van der Waals surface area contributed by atoms with Crippen molar-refractivity contribution in [3.8, 4) is 0 Å². The lowest BCUT2D eigenvalue weighted by atomic mass is 10.2. The van der Waals surface area contributed by atoms with Crippen LogP contribution >= 0.6 is 38.9 Å². The van der Waals surface area contributed by atoms with Gasteiger partial charge in [-0.2, -0.15) is 0 Å². The maximum atomic E-state index is 11.1. The van der Waals surface area contributed by atoms with Crippen LogP contribution in [0.3, 0.4) is 0 Å². The fourth-order valence-corrected chi connectivity index (χ4v) is 2.61. The Hall–Kier alpha value is -0.100. The van der Waals surface area contributed by atoms with Crippen LogP contribution < -0.4 is 5.32 Å². The number of hydrogen-bond acceptors (Lipinski definition) is 4. The fraction of sp³-hybridized carbons (Fsp3) is 0.500. The first-order valence-electron chi connectivity index (χ1n) is 4.75. The van der Waals surface area contributed by atoms with Gasteiger partial charge in [0.2, 0.25) is 0 Å². The van der Waals surface area contributed by atoms with E-state index in [1.54, 1.807) is 0 Å². The average molecular weight is 327 g/mol. The van der Waals surface area contributed by atoms with Crippen molar-refractivity contribution in [1.82, 2.24) is 5.32 Å². The number of rotatable bonds is 5. The second kappa shape index (κ2) is 6.59. The highest BCUT2D eigenvalue weighted by Gasteiger charge is 2.16. The molecule has 0 amide bonds. The number of carbonyl (C=O) groups excluding carboxylic acids is 1. The van der Waals surface area contributed by atoms with Gasteiger partial charge in [-0.1, -0.05) is 27.5 Å². The zero-order valence-electron chi connectivity index (χ0n) is 9.00. The van der Waals surface area contributed by atoms with Crippen molar-refractivity contribution in [2.75, 3.05) is 13.7 Å². The Bertz CT molecular complexity index is 358. The fourth-order valence-electron chi connectivity index (χ4n) is 1.15. The largest absolute Gasteiger partial charge is 0.468 e. The van der Waals surface area contributed by atoms with Crippen molar-refractivity contribution in [3.63, 3.8) is 0 Å². The second-order valence-corrected chi connectivity index (χ2v) is 6.11. The van der Waals surface area contributed by atoms with E-state index in [-0.39, 0.29) is 16.8 Å². The molecule has 0 saturated carbocycles. The average Bonchev–Trinajstić information content (AvgIpc) is 2.71. The van der Waals surface area contributed by atoms with Crippen molar-refractivity contribution in [3.05, 3.63) is 21.3 Å². The molecule has 2 atom stereocenters. The molecular weight excluding hydrogens is 314 g/mol. The molecule has 0 aliphatic rings. The molecule has 0 saturated heterocycles.